The fourth-order valence-electron chi connectivity index (χ4n) is 3.13. The van der Waals surface area contributed by atoms with Crippen LogP contribution in [0.5, 0.6) is 0 Å². The van der Waals surface area contributed by atoms with Gasteiger partial charge in [0.1, 0.15) is 12.7 Å². The molecule has 132 valence electrons. The summed E-state index contributed by atoms with van der Waals surface area (Å²) in [5.41, 5.74) is 2.57. The quantitative estimate of drug-likeness (QED) is 0.733. The van der Waals surface area contributed by atoms with Crippen LogP contribution in [0.1, 0.15) is 63.6 Å². The third kappa shape index (κ3) is 5.45. The smallest absolute Gasteiger partial charge is 0.137 e. The molecule has 0 radical (unpaired) electrons. The number of rotatable bonds is 8. The Morgan fingerprint density at radius 1 is 1.17 bits per heavy atom. The van der Waals surface area contributed by atoms with Gasteiger partial charge < -0.3 is 5.11 Å². The zero-order valence-electron chi connectivity index (χ0n) is 15.4. The molecule has 0 spiro atoms. The summed E-state index contributed by atoms with van der Waals surface area (Å²) in [6.45, 7) is 8.35. The Morgan fingerprint density at radius 2 is 1.96 bits per heavy atom. The molecule has 0 amide bonds. The van der Waals surface area contributed by atoms with Crippen molar-refractivity contribution in [1.29, 1.82) is 0 Å². The summed E-state index contributed by atoms with van der Waals surface area (Å²) in [5.74, 6) is 0. The van der Waals surface area contributed by atoms with E-state index in [2.05, 4.69) is 62.0 Å². The van der Waals surface area contributed by atoms with Gasteiger partial charge in [-0.3, -0.25) is 0 Å². The van der Waals surface area contributed by atoms with Gasteiger partial charge in [0.2, 0.25) is 0 Å². The molecule has 0 aliphatic heterocycles. The maximum atomic E-state index is 10.7. The number of unbranched alkanes of at least 4 members (excludes halogenated alkanes) is 2. The lowest BCUT2D eigenvalue weighted by Gasteiger charge is -2.33. The number of aliphatic hydroxyl groups is 1. The van der Waals surface area contributed by atoms with Crippen molar-refractivity contribution >= 4 is 0 Å². The Balaban J connectivity index is 1.83. The Morgan fingerprint density at radius 3 is 2.58 bits per heavy atom. The first-order valence-electron chi connectivity index (χ1n) is 8.95. The Hall–Kier alpha value is -1.68. The third-order valence-electron chi connectivity index (χ3n) is 4.58. The summed E-state index contributed by atoms with van der Waals surface area (Å²) in [4.78, 5) is 4.04. The molecule has 1 aromatic heterocycles. The number of nitrogens with zero attached hydrogens (tertiary/aromatic N) is 3. The lowest BCUT2D eigenvalue weighted by atomic mass is 9.83. The molecule has 1 aromatic carbocycles. The van der Waals surface area contributed by atoms with Gasteiger partial charge in [-0.1, -0.05) is 63.4 Å². The molecule has 0 saturated carbocycles. The number of hydrogen-bond acceptors (Lipinski definition) is 3. The van der Waals surface area contributed by atoms with Gasteiger partial charge in [0.25, 0.3) is 0 Å². The van der Waals surface area contributed by atoms with Gasteiger partial charge in [0.15, 0.2) is 0 Å². The summed E-state index contributed by atoms with van der Waals surface area (Å²) in [6.07, 6.45) is 8.30. The van der Waals surface area contributed by atoms with Gasteiger partial charge in [-0.25, -0.2) is 9.67 Å². The van der Waals surface area contributed by atoms with E-state index >= 15 is 0 Å². The molecule has 4 nitrogen and oxygen atoms in total. The number of aliphatic hydroxyl groups excluding tert-OH is 1. The van der Waals surface area contributed by atoms with Crippen LogP contribution in [0.15, 0.2) is 36.9 Å². The second kappa shape index (κ2) is 8.43. The summed E-state index contributed by atoms with van der Waals surface area (Å²) in [7, 11) is 0. The van der Waals surface area contributed by atoms with Crippen molar-refractivity contribution < 1.29 is 5.11 Å². The van der Waals surface area contributed by atoms with Crippen LogP contribution in [0.4, 0.5) is 0 Å². The van der Waals surface area contributed by atoms with E-state index in [4.69, 9.17) is 0 Å². The third-order valence-corrected chi connectivity index (χ3v) is 4.58. The second-order valence-corrected chi connectivity index (χ2v) is 7.84. The van der Waals surface area contributed by atoms with Gasteiger partial charge in [-0.2, -0.15) is 5.10 Å². The minimum absolute atomic E-state index is 0.00790. The van der Waals surface area contributed by atoms with Crippen LogP contribution in [-0.2, 0) is 6.42 Å². The van der Waals surface area contributed by atoms with E-state index in [9.17, 15) is 5.11 Å². The maximum Gasteiger partial charge on any atom is 0.137 e. The zero-order valence-corrected chi connectivity index (χ0v) is 15.4. The molecule has 2 rings (SSSR count). The fraction of sp³-hybridized carbons (Fsp3) is 0.600. The summed E-state index contributed by atoms with van der Waals surface area (Å²) < 4.78 is 1.82. The van der Waals surface area contributed by atoms with Crippen molar-refractivity contribution in [3.05, 3.63) is 48.0 Å². The van der Waals surface area contributed by atoms with Gasteiger partial charge in [0.05, 0.1) is 12.1 Å². The van der Waals surface area contributed by atoms with Crippen molar-refractivity contribution in [1.82, 2.24) is 14.8 Å². The van der Waals surface area contributed by atoms with E-state index in [-0.39, 0.29) is 11.5 Å². The highest BCUT2D eigenvalue weighted by Crippen LogP contribution is 2.31. The first-order valence-corrected chi connectivity index (χ1v) is 8.95. The molecule has 1 heterocycles. The van der Waals surface area contributed by atoms with E-state index < -0.39 is 6.10 Å². The average molecular weight is 329 g/mol. The first kappa shape index (κ1) is 18.7. The lowest BCUT2D eigenvalue weighted by molar-refractivity contribution is 0.00846. The molecule has 1 N–H and O–H groups in total. The Labute approximate surface area is 145 Å². The van der Waals surface area contributed by atoms with E-state index in [1.807, 2.05) is 4.68 Å². The Bertz CT molecular complexity index is 602. The van der Waals surface area contributed by atoms with Crippen LogP contribution in [0.3, 0.4) is 0 Å². The molecule has 0 bridgehead atoms. The number of benzene rings is 1. The standard InChI is InChI=1S/C20H31N3O/c1-16-9-8-11-17(13-16)10-6-5-7-12-18(19(24)20(2,3)4)23-15-21-14-22-23/h8-9,11,13-15,18-19,24H,5-7,10,12H2,1-4H3. The minimum Gasteiger partial charge on any atom is -0.390 e. The molecule has 24 heavy (non-hydrogen) atoms. The fourth-order valence-corrected chi connectivity index (χ4v) is 3.13. The summed E-state index contributed by atoms with van der Waals surface area (Å²) >= 11 is 0. The molecular weight excluding hydrogens is 298 g/mol. The van der Waals surface area contributed by atoms with Crippen LogP contribution in [0.2, 0.25) is 0 Å². The van der Waals surface area contributed by atoms with Crippen LogP contribution >= 0.6 is 0 Å². The van der Waals surface area contributed by atoms with Gasteiger partial charge in [-0.15, -0.1) is 0 Å². The topological polar surface area (TPSA) is 50.9 Å². The van der Waals surface area contributed by atoms with E-state index in [0.29, 0.717) is 0 Å². The molecule has 2 atom stereocenters. The van der Waals surface area contributed by atoms with Crippen molar-refractivity contribution in [3.63, 3.8) is 0 Å². The summed E-state index contributed by atoms with van der Waals surface area (Å²) in [5, 5.41) is 14.9. The molecule has 0 aliphatic carbocycles. The second-order valence-electron chi connectivity index (χ2n) is 7.84. The molecule has 4 heteroatoms. The monoisotopic (exact) mass is 329 g/mol. The zero-order chi connectivity index (χ0) is 17.6. The van der Waals surface area contributed by atoms with E-state index in [1.165, 1.54) is 17.5 Å². The lowest BCUT2D eigenvalue weighted by Crippen LogP contribution is -2.35. The maximum absolute atomic E-state index is 10.7. The van der Waals surface area contributed by atoms with Crippen molar-refractivity contribution in [2.45, 2.75) is 71.9 Å². The van der Waals surface area contributed by atoms with Gasteiger partial charge in [-0.05, 0) is 37.2 Å². The minimum atomic E-state index is -0.434. The predicted octanol–water partition coefficient (Wildman–Crippen LogP) is 4.34. The molecule has 0 aliphatic rings. The van der Waals surface area contributed by atoms with Crippen LogP contribution in [0, 0.1) is 12.3 Å². The molecule has 0 fully saturated rings. The largest absolute Gasteiger partial charge is 0.390 e. The summed E-state index contributed by atoms with van der Waals surface area (Å²) in [6, 6.07) is 8.73. The Kier molecular flexibility index (Phi) is 6.55. The van der Waals surface area contributed by atoms with E-state index in [1.54, 1.807) is 12.7 Å². The molecule has 2 unspecified atom stereocenters. The highest BCUT2D eigenvalue weighted by Gasteiger charge is 2.31. The van der Waals surface area contributed by atoms with Crippen LogP contribution in [0.25, 0.3) is 0 Å². The van der Waals surface area contributed by atoms with Crippen molar-refractivity contribution in [2.75, 3.05) is 0 Å². The van der Waals surface area contributed by atoms with Crippen molar-refractivity contribution in [3.8, 4) is 0 Å². The highest BCUT2D eigenvalue weighted by molar-refractivity contribution is 5.22. The van der Waals surface area contributed by atoms with Gasteiger partial charge >= 0.3 is 0 Å². The number of aryl methyl sites for hydroxylation is 2. The molecule has 2 aromatic rings. The molecule has 0 saturated heterocycles. The first-order chi connectivity index (χ1) is 11.4. The number of hydrogen-bond donors (Lipinski definition) is 1. The van der Waals surface area contributed by atoms with Crippen molar-refractivity contribution in [2.24, 2.45) is 5.41 Å². The predicted molar refractivity (Wildman–Crippen MR) is 97.9 cm³/mol. The average Bonchev–Trinajstić information content (AvgIpc) is 3.03. The van der Waals surface area contributed by atoms with Gasteiger partial charge in [0, 0.05) is 0 Å². The normalized spacial score (nSPS) is 14.5. The number of aromatic nitrogens is 3. The SMILES string of the molecule is Cc1cccc(CCCCCC(C(O)C(C)(C)C)n2cncn2)c1. The van der Waals surface area contributed by atoms with E-state index in [0.717, 1.165) is 25.7 Å². The van der Waals surface area contributed by atoms with Crippen LogP contribution < -0.4 is 0 Å². The molecular formula is C20H31N3O. The van der Waals surface area contributed by atoms with Crippen LogP contribution in [-0.4, -0.2) is 26.0 Å². The highest BCUT2D eigenvalue weighted by atomic mass is 16.3.